The van der Waals surface area contributed by atoms with Gasteiger partial charge in [-0.05, 0) is 25.7 Å². The second kappa shape index (κ2) is 37.4. The number of unbranched alkanes of at least 4 members (excludes halogenated alkanes) is 28. The molecular weight excluding hydrogens is 644 g/mol. The van der Waals surface area contributed by atoms with E-state index in [0.717, 1.165) is 51.4 Å². The minimum Gasteiger partial charge on any atom is -0.299 e. The molecule has 50 heavy (non-hydrogen) atoms. The molecule has 0 heterocycles. The van der Waals surface area contributed by atoms with Crippen molar-refractivity contribution >= 4 is 11.6 Å². The molecule has 0 rings (SSSR count). The fourth-order valence-corrected chi connectivity index (χ4v) is 7.98. The molecule has 0 aliphatic heterocycles. The number of rotatable bonds is 40. The van der Waals surface area contributed by atoms with Crippen LogP contribution in [-0.2, 0) is 31.3 Å². The predicted molar refractivity (Wildman–Crippen MR) is 220 cm³/mol. The number of hydrogen-bond donors (Lipinski definition) is 0. The Morgan fingerprint density at radius 1 is 0.300 bits per heavy atom. The van der Waals surface area contributed by atoms with Gasteiger partial charge in [-0.1, -0.05) is 247 Å². The van der Waals surface area contributed by atoms with E-state index in [4.69, 9.17) is 0 Å². The summed E-state index contributed by atoms with van der Waals surface area (Å²) in [5, 5.41) is 0. The molecule has 2 nitrogen and oxygen atoms in total. The molecule has 0 radical (unpaired) electrons. The van der Waals surface area contributed by atoms with Gasteiger partial charge in [-0.25, -0.2) is 0 Å². The molecule has 0 atom stereocenters. The van der Waals surface area contributed by atoms with Crippen molar-refractivity contribution in [1.29, 1.82) is 0 Å². The molecule has 0 saturated heterocycles. The largest absolute Gasteiger partial charge is 0.299 e. The van der Waals surface area contributed by atoms with Crippen molar-refractivity contribution in [1.82, 2.24) is 0 Å². The molecule has 0 aromatic rings. The fraction of sp³-hybridized carbons (Fsp3) is 0.957. The normalized spacial score (nSPS) is 12.0. The first-order valence-electron chi connectivity index (χ1n) is 22.9. The zero-order chi connectivity index (χ0) is 36.3. The van der Waals surface area contributed by atoms with Gasteiger partial charge in [-0.3, -0.25) is 9.59 Å². The van der Waals surface area contributed by atoms with E-state index >= 15 is 0 Å². The number of carbonyl (C=O) groups is 2. The SMILES string of the molecule is CCCCCCCCCCC(C)(CCCCCCCCCC)C(=O)CC(=O)C(C)(CCCCCCCCCC)CCCCCCCCCC.[Ti]. The molecule has 0 aliphatic carbocycles. The molecule has 0 aromatic heterocycles. The third-order valence-corrected chi connectivity index (χ3v) is 12.0. The van der Waals surface area contributed by atoms with Crippen LogP contribution in [0.25, 0.3) is 0 Å². The molecule has 0 aliphatic rings. The van der Waals surface area contributed by atoms with Crippen molar-refractivity contribution in [2.24, 2.45) is 10.8 Å². The third kappa shape index (κ3) is 29.5. The van der Waals surface area contributed by atoms with E-state index < -0.39 is 0 Å². The summed E-state index contributed by atoms with van der Waals surface area (Å²) in [4.78, 5) is 28.4. The van der Waals surface area contributed by atoms with Gasteiger partial charge in [0.05, 0.1) is 6.42 Å². The summed E-state index contributed by atoms with van der Waals surface area (Å²) in [5.74, 6) is 0.530. The van der Waals surface area contributed by atoms with E-state index in [2.05, 4.69) is 41.5 Å². The summed E-state index contributed by atoms with van der Waals surface area (Å²) in [6, 6.07) is 0. The average Bonchev–Trinajstić information content (AvgIpc) is 3.09. The smallest absolute Gasteiger partial charge is 0.146 e. The van der Waals surface area contributed by atoms with Crippen molar-refractivity contribution < 1.29 is 31.3 Å². The van der Waals surface area contributed by atoms with Gasteiger partial charge in [-0.2, -0.15) is 0 Å². The van der Waals surface area contributed by atoms with E-state index in [1.807, 2.05) is 0 Å². The Kier molecular flexibility index (Phi) is 39.0. The number of ketones is 2. The van der Waals surface area contributed by atoms with Gasteiger partial charge in [0.15, 0.2) is 0 Å². The van der Waals surface area contributed by atoms with Crippen LogP contribution in [0.5, 0.6) is 0 Å². The van der Waals surface area contributed by atoms with Crippen LogP contribution in [0.1, 0.15) is 279 Å². The van der Waals surface area contributed by atoms with Crippen LogP contribution in [0.15, 0.2) is 0 Å². The van der Waals surface area contributed by atoms with Crippen LogP contribution in [-0.4, -0.2) is 11.6 Å². The number of carbonyl (C=O) groups excluding carboxylic acids is 2. The number of hydrogen-bond acceptors (Lipinski definition) is 2. The maximum absolute atomic E-state index is 14.2. The van der Waals surface area contributed by atoms with Gasteiger partial charge >= 0.3 is 0 Å². The summed E-state index contributed by atoms with van der Waals surface area (Å²) in [7, 11) is 0. The molecule has 0 N–H and O–H groups in total. The van der Waals surface area contributed by atoms with Gasteiger partial charge in [0.2, 0.25) is 0 Å². The Labute approximate surface area is 331 Å². The van der Waals surface area contributed by atoms with Crippen molar-refractivity contribution in [3.05, 3.63) is 0 Å². The second-order valence-corrected chi connectivity index (χ2v) is 17.0. The third-order valence-electron chi connectivity index (χ3n) is 12.0. The van der Waals surface area contributed by atoms with Crippen molar-refractivity contribution in [3.8, 4) is 0 Å². The molecule has 296 valence electrons. The Morgan fingerprint density at radius 2 is 0.460 bits per heavy atom. The minimum absolute atomic E-state index is 0. The fourth-order valence-electron chi connectivity index (χ4n) is 7.98. The monoisotopic (exact) mass is 737 g/mol. The summed E-state index contributed by atoms with van der Waals surface area (Å²) in [6.07, 6.45) is 45.5. The molecule has 0 aromatic carbocycles. The van der Waals surface area contributed by atoms with Gasteiger partial charge in [0, 0.05) is 32.5 Å². The molecule has 0 fully saturated rings. The molecule has 0 amide bonds. The quantitative estimate of drug-likeness (QED) is 0.0357. The predicted octanol–water partition coefficient (Wildman–Crippen LogP) is 16.6. The zero-order valence-electron chi connectivity index (χ0n) is 35.5. The van der Waals surface area contributed by atoms with Crippen LogP contribution in [0.4, 0.5) is 0 Å². The minimum atomic E-state index is -0.335. The molecular formula is C47H92O2Ti. The average molecular weight is 737 g/mol. The Bertz CT molecular complexity index is 631. The van der Waals surface area contributed by atoms with Crippen LogP contribution in [0.3, 0.4) is 0 Å². The molecule has 0 spiro atoms. The van der Waals surface area contributed by atoms with Crippen LogP contribution in [0.2, 0.25) is 0 Å². The van der Waals surface area contributed by atoms with Crippen LogP contribution < -0.4 is 0 Å². The Hall–Kier alpha value is 0.0543. The number of Topliss-reactive ketones (excluding diaryl/α,β-unsaturated/α-hetero) is 2. The van der Waals surface area contributed by atoms with Crippen molar-refractivity contribution in [3.63, 3.8) is 0 Å². The van der Waals surface area contributed by atoms with E-state index in [1.54, 1.807) is 0 Å². The van der Waals surface area contributed by atoms with E-state index in [9.17, 15) is 9.59 Å². The standard InChI is InChI=1S/C47H92O2.Ti/c1-7-11-15-19-23-27-31-35-39-46(5,40-36-32-28-24-20-16-12-8-2)44(48)43-45(49)47(6,41-37-33-29-25-21-17-13-9-3)42-38-34-30-26-22-18-14-10-4;/h7-43H2,1-6H3;. The van der Waals surface area contributed by atoms with Crippen molar-refractivity contribution in [2.75, 3.05) is 0 Å². The van der Waals surface area contributed by atoms with E-state index in [-0.39, 0.29) is 50.5 Å². The summed E-state index contributed by atoms with van der Waals surface area (Å²) >= 11 is 0. The first-order valence-corrected chi connectivity index (χ1v) is 22.9. The first kappa shape index (κ1) is 52.2. The van der Waals surface area contributed by atoms with Gasteiger partial charge < -0.3 is 0 Å². The molecule has 0 saturated carbocycles. The van der Waals surface area contributed by atoms with Crippen molar-refractivity contribution in [2.45, 2.75) is 279 Å². The maximum atomic E-state index is 14.2. The first-order chi connectivity index (χ1) is 23.8. The summed E-state index contributed by atoms with van der Waals surface area (Å²) < 4.78 is 0. The van der Waals surface area contributed by atoms with Crippen LogP contribution in [0, 0.1) is 10.8 Å². The van der Waals surface area contributed by atoms with Gasteiger partial charge in [0.1, 0.15) is 11.6 Å². The second-order valence-electron chi connectivity index (χ2n) is 17.0. The van der Waals surface area contributed by atoms with Gasteiger partial charge in [0.25, 0.3) is 0 Å². The van der Waals surface area contributed by atoms with Gasteiger partial charge in [-0.15, -0.1) is 0 Å². The molecule has 3 heteroatoms. The summed E-state index contributed by atoms with van der Waals surface area (Å²) in [6.45, 7) is 13.6. The topological polar surface area (TPSA) is 34.1 Å². The van der Waals surface area contributed by atoms with Crippen LogP contribution >= 0.6 is 0 Å². The molecule has 0 bridgehead atoms. The summed E-state index contributed by atoms with van der Waals surface area (Å²) in [5.41, 5.74) is -0.671. The van der Waals surface area contributed by atoms with E-state index in [1.165, 1.54) is 180 Å². The Balaban J connectivity index is 0. The Morgan fingerprint density at radius 3 is 0.640 bits per heavy atom. The zero-order valence-corrected chi connectivity index (χ0v) is 37.0. The van der Waals surface area contributed by atoms with E-state index in [0.29, 0.717) is 0 Å². The maximum Gasteiger partial charge on any atom is 0.146 e. The molecule has 0 unspecified atom stereocenters.